The van der Waals surface area contributed by atoms with E-state index in [1.807, 2.05) is 35.2 Å². The average Bonchev–Trinajstić information content (AvgIpc) is 2.72. The Morgan fingerprint density at radius 3 is 2.29 bits per heavy atom. The summed E-state index contributed by atoms with van der Waals surface area (Å²) in [6.07, 6.45) is 0. The normalized spacial score (nSPS) is 17.2. The molecule has 1 aliphatic rings. The van der Waals surface area contributed by atoms with Crippen LogP contribution in [0.4, 0.5) is 4.79 Å². The fraction of sp³-hybridized carbons (Fsp3) is 0.368. The van der Waals surface area contributed by atoms with Gasteiger partial charge in [-0.05, 0) is 29.8 Å². The van der Waals surface area contributed by atoms with Crippen LogP contribution in [0.2, 0.25) is 0 Å². The number of carbonyl (C=O) groups is 2. The molecule has 0 spiro atoms. The molecule has 0 aromatic heterocycles. The van der Waals surface area contributed by atoms with Gasteiger partial charge in [-0.2, -0.15) is 4.31 Å². The predicted molar refractivity (Wildman–Crippen MR) is 106 cm³/mol. The van der Waals surface area contributed by atoms with Gasteiger partial charge < -0.3 is 5.32 Å². The number of fused-ring (bicyclic) bond motifs is 1. The maximum Gasteiger partial charge on any atom is 0.321 e. The fourth-order valence-electron chi connectivity index (χ4n) is 3.25. The highest BCUT2D eigenvalue weighted by molar-refractivity contribution is 7.89. The van der Waals surface area contributed by atoms with Gasteiger partial charge in [0.05, 0.1) is 10.9 Å². The van der Waals surface area contributed by atoms with Crippen molar-refractivity contribution in [2.45, 2.75) is 17.9 Å². The number of sulfonamides is 1. The van der Waals surface area contributed by atoms with Crippen LogP contribution in [0.5, 0.6) is 0 Å². The topological polar surface area (TPSA) is 98.8 Å². The molecule has 1 saturated heterocycles. The van der Waals surface area contributed by atoms with E-state index in [2.05, 4.69) is 10.6 Å². The van der Waals surface area contributed by atoms with Crippen molar-refractivity contribution < 1.29 is 18.0 Å². The molecule has 2 aromatic carbocycles. The maximum atomic E-state index is 13.0. The predicted octanol–water partition coefficient (Wildman–Crippen LogP) is 0.990. The standard InChI is InChI=1S/C19H24N4O4S/c1-14(18(24)21-19(25)20-2)22-9-11-23(12-10-22)28(26,27)17-8-7-15-5-3-4-6-16(15)13-17/h3-8,13-14H,9-12H2,1-2H3,(H2,20,21,24,25)/t14-/m0/s1. The van der Waals surface area contributed by atoms with Crippen molar-refractivity contribution in [1.29, 1.82) is 0 Å². The molecule has 150 valence electrons. The van der Waals surface area contributed by atoms with Gasteiger partial charge in [-0.3, -0.25) is 15.0 Å². The Bertz CT molecular complexity index is 984. The number of benzene rings is 2. The average molecular weight is 404 g/mol. The number of hydrogen-bond acceptors (Lipinski definition) is 5. The number of nitrogens with one attached hydrogen (secondary N) is 2. The molecule has 0 aliphatic carbocycles. The quantitative estimate of drug-likeness (QED) is 0.792. The third-order valence-corrected chi connectivity index (χ3v) is 6.92. The summed E-state index contributed by atoms with van der Waals surface area (Å²) in [5, 5.41) is 6.45. The van der Waals surface area contributed by atoms with Crippen LogP contribution in [0.1, 0.15) is 6.92 Å². The molecule has 0 radical (unpaired) electrons. The lowest BCUT2D eigenvalue weighted by Crippen LogP contribution is -2.56. The molecule has 28 heavy (non-hydrogen) atoms. The molecular formula is C19H24N4O4S. The first-order valence-corrected chi connectivity index (χ1v) is 10.5. The number of hydrogen-bond donors (Lipinski definition) is 2. The van der Waals surface area contributed by atoms with Crippen LogP contribution in [0, 0.1) is 0 Å². The Morgan fingerprint density at radius 2 is 1.64 bits per heavy atom. The van der Waals surface area contributed by atoms with Gasteiger partial charge >= 0.3 is 6.03 Å². The number of piperazine rings is 1. The molecule has 2 aromatic rings. The van der Waals surface area contributed by atoms with Crippen LogP contribution in [-0.2, 0) is 14.8 Å². The molecule has 0 unspecified atom stereocenters. The molecule has 1 heterocycles. The Hall–Kier alpha value is -2.49. The highest BCUT2D eigenvalue weighted by Gasteiger charge is 2.32. The summed E-state index contributed by atoms with van der Waals surface area (Å²) in [7, 11) is -2.17. The SMILES string of the molecule is CNC(=O)NC(=O)[C@H](C)N1CCN(S(=O)(=O)c2ccc3ccccc3c2)CC1. The minimum atomic E-state index is -3.60. The van der Waals surface area contributed by atoms with Crippen molar-refractivity contribution in [3.8, 4) is 0 Å². The van der Waals surface area contributed by atoms with Gasteiger partial charge in [0.25, 0.3) is 0 Å². The zero-order valence-electron chi connectivity index (χ0n) is 15.9. The van der Waals surface area contributed by atoms with Crippen molar-refractivity contribution in [2.75, 3.05) is 33.2 Å². The molecule has 1 fully saturated rings. The van der Waals surface area contributed by atoms with E-state index in [1.54, 1.807) is 19.1 Å². The number of nitrogens with zero attached hydrogens (tertiary/aromatic N) is 2. The largest absolute Gasteiger partial charge is 0.341 e. The zero-order valence-corrected chi connectivity index (χ0v) is 16.7. The van der Waals surface area contributed by atoms with Crippen LogP contribution >= 0.6 is 0 Å². The summed E-state index contributed by atoms with van der Waals surface area (Å²) in [6, 6.07) is 11.7. The number of imide groups is 1. The number of amides is 3. The molecule has 0 saturated carbocycles. The van der Waals surface area contributed by atoms with E-state index in [1.165, 1.54) is 11.4 Å². The van der Waals surface area contributed by atoms with Crippen LogP contribution in [0.3, 0.4) is 0 Å². The first-order chi connectivity index (χ1) is 13.3. The highest BCUT2D eigenvalue weighted by Crippen LogP contribution is 2.23. The molecular weight excluding hydrogens is 380 g/mol. The van der Waals surface area contributed by atoms with Crippen LogP contribution in [0.15, 0.2) is 47.4 Å². The third-order valence-electron chi connectivity index (χ3n) is 5.02. The smallest absolute Gasteiger partial charge is 0.321 e. The van der Waals surface area contributed by atoms with E-state index in [4.69, 9.17) is 0 Å². The lowest BCUT2D eigenvalue weighted by molar-refractivity contribution is -0.125. The minimum Gasteiger partial charge on any atom is -0.341 e. The van der Waals surface area contributed by atoms with Gasteiger partial charge in [0, 0.05) is 33.2 Å². The Balaban J connectivity index is 1.67. The van der Waals surface area contributed by atoms with Gasteiger partial charge in [-0.15, -0.1) is 0 Å². The number of rotatable bonds is 4. The van der Waals surface area contributed by atoms with Gasteiger partial charge in [-0.25, -0.2) is 13.2 Å². The van der Waals surface area contributed by atoms with Crippen molar-refractivity contribution in [3.63, 3.8) is 0 Å². The van der Waals surface area contributed by atoms with Gasteiger partial charge in [-0.1, -0.05) is 30.3 Å². The van der Waals surface area contributed by atoms with Gasteiger partial charge in [0.2, 0.25) is 15.9 Å². The highest BCUT2D eigenvalue weighted by atomic mass is 32.2. The van der Waals surface area contributed by atoms with E-state index < -0.39 is 28.0 Å². The van der Waals surface area contributed by atoms with Crippen molar-refractivity contribution in [1.82, 2.24) is 19.8 Å². The van der Waals surface area contributed by atoms with Crippen molar-refractivity contribution in [2.24, 2.45) is 0 Å². The van der Waals surface area contributed by atoms with E-state index >= 15 is 0 Å². The number of urea groups is 1. The lowest BCUT2D eigenvalue weighted by Gasteiger charge is -2.36. The second-order valence-electron chi connectivity index (χ2n) is 6.69. The zero-order chi connectivity index (χ0) is 20.3. The fourth-order valence-corrected chi connectivity index (χ4v) is 4.71. The summed E-state index contributed by atoms with van der Waals surface area (Å²) in [5.41, 5.74) is 0. The second-order valence-corrected chi connectivity index (χ2v) is 8.63. The molecule has 1 atom stereocenters. The summed E-state index contributed by atoms with van der Waals surface area (Å²) >= 11 is 0. The molecule has 9 heteroatoms. The minimum absolute atomic E-state index is 0.269. The van der Waals surface area contributed by atoms with E-state index in [0.29, 0.717) is 13.1 Å². The maximum absolute atomic E-state index is 13.0. The summed E-state index contributed by atoms with van der Waals surface area (Å²) in [5.74, 6) is -0.412. The Labute approximate surface area is 164 Å². The van der Waals surface area contributed by atoms with Crippen LogP contribution < -0.4 is 10.6 Å². The second kappa shape index (κ2) is 8.26. The van der Waals surface area contributed by atoms with Crippen LogP contribution in [-0.4, -0.2) is 68.8 Å². The molecule has 1 aliphatic heterocycles. The monoisotopic (exact) mass is 404 g/mol. The molecule has 0 bridgehead atoms. The molecule has 2 N–H and O–H groups in total. The van der Waals surface area contributed by atoms with E-state index in [0.717, 1.165) is 10.8 Å². The summed E-state index contributed by atoms with van der Waals surface area (Å²) in [4.78, 5) is 25.5. The first-order valence-electron chi connectivity index (χ1n) is 9.08. The van der Waals surface area contributed by atoms with Gasteiger partial charge in [0.15, 0.2) is 0 Å². The summed E-state index contributed by atoms with van der Waals surface area (Å²) in [6.45, 7) is 3.09. The van der Waals surface area contributed by atoms with Crippen molar-refractivity contribution in [3.05, 3.63) is 42.5 Å². The molecule has 3 amide bonds. The van der Waals surface area contributed by atoms with Gasteiger partial charge in [0.1, 0.15) is 0 Å². The molecule has 8 nitrogen and oxygen atoms in total. The molecule has 3 rings (SSSR count). The Morgan fingerprint density at radius 1 is 1.00 bits per heavy atom. The van der Waals surface area contributed by atoms with E-state index in [9.17, 15) is 18.0 Å². The van der Waals surface area contributed by atoms with Crippen molar-refractivity contribution >= 4 is 32.7 Å². The lowest BCUT2D eigenvalue weighted by atomic mass is 10.1. The van der Waals surface area contributed by atoms with Crippen LogP contribution in [0.25, 0.3) is 10.8 Å². The first kappa shape index (κ1) is 20.2. The third kappa shape index (κ3) is 4.16. The summed E-state index contributed by atoms with van der Waals surface area (Å²) < 4.78 is 27.4. The van der Waals surface area contributed by atoms with E-state index in [-0.39, 0.29) is 18.0 Å². The number of carbonyl (C=O) groups excluding carboxylic acids is 2. The Kier molecular flexibility index (Phi) is 5.97.